The number of rotatable bonds is 0. The van der Waals surface area contributed by atoms with Gasteiger partial charge in [0.15, 0.2) is 0 Å². The molecule has 0 spiro atoms. The van der Waals surface area contributed by atoms with E-state index in [9.17, 15) is 0 Å². The Kier molecular flexibility index (Phi) is 2.62. The molecule has 0 radical (unpaired) electrons. The molecular weight excluding hydrogens is 298 g/mol. The molecule has 0 aromatic heterocycles. The molecule has 0 unspecified atom stereocenters. The van der Waals surface area contributed by atoms with Crippen LogP contribution in [-0.4, -0.2) is 6.61 Å². The van der Waals surface area contributed by atoms with Gasteiger partial charge in [0.25, 0.3) is 0 Å². The lowest BCUT2D eigenvalue weighted by molar-refractivity contribution is 0.267. The minimum atomic E-state index is 0.105. The quantitative estimate of drug-likeness (QED) is 0.800. The molecule has 1 heterocycles. The molecule has 4 heteroatoms. The lowest BCUT2D eigenvalue weighted by atomic mass is 10.0. The van der Waals surface area contributed by atoms with Gasteiger partial charge in [-0.25, -0.2) is 0 Å². The van der Waals surface area contributed by atoms with Gasteiger partial charge in [-0.2, -0.15) is 0 Å². The van der Waals surface area contributed by atoms with Gasteiger partial charge in [0.2, 0.25) is 0 Å². The smallest absolute Gasteiger partial charge is 0.139 e. The van der Waals surface area contributed by atoms with Gasteiger partial charge in [-0.05, 0) is 37.9 Å². The average molecular weight is 307 g/mol. The number of hydrogen-bond acceptors (Lipinski definition) is 2. The van der Waals surface area contributed by atoms with Crippen LogP contribution in [0.4, 0.5) is 0 Å². The van der Waals surface area contributed by atoms with Crippen molar-refractivity contribution >= 4 is 31.9 Å². The van der Waals surface area contributed by atoms with Crippen molar-refractivity contribution in [2.45, 2.75) is 12.5 Å². The average Bonchev–Trinajstić information content (AvgIpc) is 2.12. The zero-order chi connectivity index (χ0) is 9.42. The first kappa shape index (κ1) is 9.49. The first-order chi connectivity index (χ1) is 6.20. The Bertz CT molecular complexity index is 341. The summed E-state index contributed by atoms with van der Waals surface area (Å²) >= 11 is 6.89. The fourth-order valence-corrected chi connectivity index (χ4v) is 2.22. The largest absolute Gasteiger partial charge is 0.492 e. The highest BCUT2D eigenvalue weighted by molar-refractivity contribution is 9.13. The highest BCUT2D eigenvalue weighted by Gasteiger charge is 2.21. The van der Waals surface area contributed by atoms with E-state index >= 15 is 0 Å². The van der Waals surface area contributed by atoms with Gasteiger partial charge in [0.1, 0.15) is 5.75 Å². The Hall–Kier alpha value is -0.0600. The highest BCUT2D eigenvalue weighted by Crippen LogP contribution is 2.40. The molecular formula is C9H9Br2NO. The molecule has 0 amide bonds. The van der Waals surface area contributed by atoms with E-state index in [2.05, 4.69) is 31.9 Å². The van der Waals surface area contributed by atoms with Crippen LogP contribution < -0.4 is 10.5 Å². The van der Waals surface area contributed by atoms with Crippen molar-refractivity contribution in [1.29, 1.82) is 0 Å². The first-order valence-electron chi connectivity index (χ1n) is 4.06. The topological polar surface area (TPSA) is 35.2 Å². The molecule has 1 aromatic rings. The zero-order valence-corrected chi connectivity index (χ0v) is 10.1. The van der Waals surface area contributed by atoms with Crippen molar-refractivity contribution in [2.75, 3.05) is 6.61 Å². The van der Waals surface area contributed by atoms with Gasteiger partial charge < -0.3 is 10.5 Å². The Balaban J connectivity index is 2.56. The summed E-state index contributed by atoms with van der Waals surface area (Å²) in [6.45, 7) is 0.698. The Labute approximate surface area is 93.7 Å². The molecule has 0 saturated carbocycles. The lowest BCUT2D eigenvalue weighted by Crippen LogP contribution is -2.20. The molecule has 0 bridgehead atoms. The number of fused-ring (bicyclic) bond motifs is 1. The molecule has 0 aliphatic carbocycles. The summed E-state index contributed by atoms with van der Waals surface area (Å²) in [7, 11) is 0. The van der Waals surface area contributed by atoms with Crippen LogP contribution in [-0.2, 0) is 0 Å². The number of nitrogens with two attached hydrogens (primary N) is 1. The third-order valence-corrected chi connectivity index (χ3v) is 4.14. The van der Waals surface area contributed by atoms with E-state index in [0.717, 1.165) is 26.7 Å². The van der Waals surface area contributed by atoms with Crippen LogP contribution in [0.1, 0.15) is 18.0 Å². The maximum atomic E-state index is 5.95. The molecule has 70 valence electrons. The predicted octanol–water partition coefficient (Wildman–Crippen LogP) is 2.99. The van der Waals surface area contributed by atoms with Crippen LogP contribution in [0.15, 0.2) is 21.1 Å². The minimum absolute atomic E-state index is 0.105. The standard InChI is InChI=1S/C9H9Br2NO/c10-6-2-1-5-7(12)3-4-13-9(5)8(6)11/h1-2,7H,3-4,12H2/t7-/m0/s1. The summed E-state index contributed by atoms with van der Waals surface area (Å²) < 4.78 is 7.51. The van der Waals surface area contributed by atoms with Crippen molar-refractivity contribution in [1.82, 2.24) is 0 Å². The Morgan fingerprint density at radius 1 is 1.38 bits per heavy atom. The van der Waals surface area contributed by atoms with Crippen LogP contribution in [0, 0.1) is 0 Å². The van der Waals surface area contributed by atoms with Crippen molar-refractivity contribution in [3.63, 3.8) is 0 Å². The van der Waals surface area contributed by atoms with E-state index in [-0.39, 0.29) is 6.04 Å². The second-order valence-electron chi connectivity index (χ2n) is 3.02. The van der Waals surface area contributed by atoms with E-state index < -0.39 is 0 Å². The molecule has 2 rings (SSSR count). The fraction of sp³-hybridized carbons (Fsp3) is 0.333. The third kappa shape index (κ3) is 1.63. The molecule has 0 saturated heterocycles. The zero-order valence-electron chi connectivity index (χ0n) is 6.89. The van der Waals surface area contributed by atoms with Crippen molar-refractivity contribution < 1.29 is 4.74 Å². The molecule has 13 heavy (non-hydrogen) atoms. The maximum absolute atomic E-state index is 5.95. The first-order valence-corrected chi connectivity index (χ1v) is 5.65. The van der Waals surface area contributed by atoms with Crippen LogP contribution in [0.25, 0.3) is 0 Å². The van der Waals surface area contributed by atoms with Crippen LogP contribution in [0.3, 0.4) is 0 Å². The fourth-order valence-electron chi connectivity index (χ4n) is 1.43. The van der Waals surface area contributed by atoms with E-state index in [4.69, 9.17) is 10.5 Å². The molecule has 2 N–H and O–H groups in total. The molecule has 0 fully saturated rings. The van der Waals surface area contributed by atoms with Crippen molar-refractivity contribution in [3.8, 4) is 5.75 Å². The Morgan fingerprint density at radius 2 is 2.15 bits per heavy atom. The second kappa shape index (κ2) is 3.59. The molecule has 1 atom stereocenters. The highest BCUT2D eigenvalue weighted by atomic mass is 79.9. The predicted molar refractivity (Wildman–Crippen MR) is 58.9 cm³/mol. The monoisotopic (exact) mass is 305 g/mol. The van der Waals surface area contributed by atoms with Crippen molar-refractivity contribution in [3.05, 3.63) is 26.6 Å². The van der Waals surface area contributed by atoms with Crippen LogP contribution >= 0.6 is 31.9 Å². The van der Waals surface area contributed by atoms with Gasteiger partial charge >= 0.3 is 0 Å². The van der Waals surface area contributed by atoms with Gasteiger partial charge in [-0.15, -0.1) is 0 Å². The van der Waals surface area contributed by atoms with Crippen molar-refractivity contribution in [2.24, 2.45) is 5.73 Å². The number of halogens is 2. The van der Waals surface area contributed by atoms with E-state index in [0.29, 0.717) is 6.61 Å². The lowest BCUT2D eigenvalue weighted by Gasteiger charge is -2.24. The SMILES string of the molecule is N[C@H]1CCOc2c1ccc(Br)c2Br. The van der Waals surface area contributed by atoms with Crippen LogP contribution in [0.5, 0.6) is 5.75 Å². The Morgan fingerprint density at radius 3 is 2.92 bits per heavy atom. The van der Waals surface area contributed by atoms with Gasteiger partial charge in [-0.1, -0.05) is 6.07 Å². The third-order valence-electron chi connectivity index (χ3n) is 2.16. The van der Waals surface area contributed by atoms with E-state index in [1.165, 1.54) is 0 Å². The van der Waals surface area contributed by atoms with E-state index in [1.807, 2.05) is 12.1 Å². The summed E-state index contributed by atoms with van der Waals surface area (Å²) in [5.41, 5.74) is 7.03. The molecule has 1 aromatic carbocycles. The second-order valence-corrected chi connectivity index (χ2v) is 4.67. The number of ether oxygens (including phenoxy) is 1. The van der Waals surface area contributed by atoms with Gasteiger partial charge in [-0.3, -0.25) is 0 Å². The summed E-state index contributed by atoms with van der Waals surface area (Å²) in [4.78, 5) is 0. The van der Waals surface area contributed by atoms with Crippen LogP contribution in [0.2, 0.25) is 0 Å². The minimum Gasteiger partial charge on any atom is -0.492 e. The molecule has 2 nitrogen and oxygen atoms in total. The molecule has 1 aliphatic heterocycles. The number of hydrogen-bond donors (Lipinski definition) is 1. The summed E-state index contributed by atoms with van der Waals surface area (Å²) in [6, 6.07) is 4.10. The summed E-state index contributed by atoms with van der Waals surface area (Å²) in [6.07, 6.45) is 0.890. The molecule has 1 aliphatic rings. The summed E-state index contributed by atoms with van der Waals surface area (Å²) in [5, 5.41) is 0. The normalized spacial score (nSPS) is 20.7. The van der Waals surface area contributed by atoms with E-state index in [1.54, 1.807) is 0 Å². The summed E-state index contributed by atoms with van der Waals surface area (Å²) in [5.74, 6) is 0.883. The van der Waals surface area contributed by atoms with Gasteiger partial charge in [0.05, 0.1) is 11.1 Å². The van der Waals surface area contributed by atoms with Gasteiger partial charge in [0, 0.05) is 22.5 Å². The maximum Gasteiger partial charge on any atom is 0.139 e. The number of benzene rings is 1.